The zero-order valence-electron chi connectivity index (χ0n) is 19.3. The largest absolute Gasteiger partial charge is 0.476 e. The second-order valence-electron chi connectivity index (χ2n) is 8.83. The molecule has 0 unspecified atom stereocenters. The molecule has 2 amide bonds. The summed E-state index contributed by atoms with van der Waals surface area (Å²) in [5, 5.41) is 8.23. The Morgan fingerprint density at radius 3 is 2.56 bits per heavy atom. The average Bonchev–Trinajstić information content (AvgIpc) is 3.36. The minimum atomic E-state index is -0.700. The normalized spacial score (nSPS) is 17.7. The molecule has 2 aliphatic rings. The number of nitrogens with zero attached hydrogens (tertiary/aromatic N) is 4. The number of rotatable bonds is 5. The number of benzene rings is 2. The Balaban J connectivity index is 1.27. The molecule has 1 aromatic heterocycles. The van der Waals surface area contributed by atoms with E-state index >= 15 is 0 Å². The standard InChI is InChI=1S/C26H28N4O4/c1-18-9-11-19(12-10-18)25-28-27-23(34-25)13-14-24(31)30-17-22(26(32)29-15-5-2-6-16-29)33-21-8-4-3-7-20(21)30/h3-4,7-12,22H,2,5-6,13-17H2,1H3/t22-/m0/s1. The summed E-state index contributed by atoms with van der Waals surface area (Å²) in [5.41, 5.74) is 2.68. The van der Waals surface area contributed by atoms with Crippen LogP contribution in [0.15, 0.2) is 52.9 Å². The van der Waals surface area contributed by atoms with Crippen LogP contribution < -0.4 is 9.64 Å². The lowest BCUT2D eigenvalue weighted by atomic mass is 10.1. The van der Waals surface area contributed by atoms with Gasteiger partial charge in [0.2, 0.25) is 17.7 Å². The van der Waals surface area contributed by atoms with Crippen molar-refractivity contribution < 1.29 is 18.7 Å². The van der Waals surface area contributed by atoms with E-state index in [0.717, 1.165) is 43.5 Å². The monoisotopic (exact) mass is 460 g/mol. The van der Waals surface area contributed by atoms with Crippen LogP contribution in [0.3, 0.4) is 0 Å². The third-order valence-electron chi connectivity index (χ3n) is 6.34. The molecule has 0 bridgehead atoms. The van der Waals surface area contributed by atoms with Gasteiger partial charge in [0.1, 0.15) is 5.75 Å². The van der Waals surface area contributed by atoms with E-state index in [1.807, 2.05) is 54.3 Å². The number of aryl methyl sites for hydroxylation is 2. The molecule has 1 fully saturated rings. The summed E-state index contributed by atoms with van der Waals surface area (Å²) in [6, 6.07) is 15.2. The number of amides is 2. The lowest BCUT2D eigenvalue weighted by Gasteiger charge is -2.37. The van der Waals surface area contributed by atoms with Crippen LogP contribution >= 0.6 is 0 Å². The number of hydrogen-bond acceptors (Lipinski definition) is 6. The Bertz CT molecular complexity index is 1170. The van der Waals surface area contributed by atoms with Crippen LogP contribution in [0.25, 0.3) is 11.5 Å². The lowest BCUT2D eigenvalue weighted by Crippen LogP contribution is -2.52. The zero-order chi connectivity index (χ0) is 23.5. The number of piperidine rings is 1. The highest BCUT2D eigenvalue weighted by Gasteiger charge is 2.36. The number of ether oxygens (including phenoxy) is 1. The van der Waals surface area contributed by atoms with Crippen LogP contribution in [-0.4, -0.2) is 52.6 Å². The topological polar surface area (TPSA) is 88.8 Å². The van der Waals surface area contributed by atoms with Crippen molar-refractivity contribution in [2.24, 2.45) is 0 Å². The van der Waals surface area contributed by atoms with Crippen LogP contribution in [0.5, 0.6) is 5.75 Å². The SMILES string of the molecule is Cc1ccc(-c2nnc(CCC(=O)N3C[C@@H](C(=O)N4CCCCC4)Oc4ccccc43)o2)cc1. The first-order chi connectivity index (χ1) is 16.6. The summed E-state index contributed by atoms with van der Waals surface area (Å²) in [7, 11) is 0. The van der Waals surface area contributed by atoms with Gasteiger partial charge in [0.25, 0.3) is 5.91 Å². The second-order valence-corrected chi connectivity index (χ2v) is 8.83. The van der Waals surface area contributed by atoms with Crippen molar-refractivity contribution in [3.8, 4) is 17.2 Å². The molecule has 0 N–H and O–H groups in total. The average molecular weight is 461 g/mol. The first kappa shape index (κ1) is 22.1. The molecule has 3 aromatic rings. The van der Waals surface area contributed by atoms with E-state index in [1.54, 1.807) is 11.0 Å². The van der Waals surface area contributed by atoms with Gasteiger partial charge in [0.15, 0.2) is 6.10 Å². The number of likely N-dealkylation sites (tertiary alicyclic amines) is 1. The predicted octanol–water partition coefficient (Wildman–Crippen LogP) is 3.78. The molecule has 3 heterocycles. The van der Waals surface area contributed by atoms with Crippen molar-refractivity contribution >= 4 is 17.5 Å². The molecule has 0 radical (unpaired) electrons. The van der Waals surface area contributed by atoms with Gasteiger partial charge in [-0.25, -0.2) is 0 Å². The number of carbonyl (C=O) groups is 2. The molecule has 8 heteroatoms. The fraction of sp³-hybridized carbons (Fsp3) is 0.385. The van der Waals surface area contributed by atoms with Crippen LogP contribution in [0.2, 0.25) is 0 Å². The summed E-state index contributed by atoms with van der Waals surface area (Å²) < 4.78 is 11.8. The quantitative estimate of drug-likeness (QED) is 0.576. The van der Waals surface area contributed by atoms with Crippen molar-refractivity contribution in [1.82, 2.24) is 15.1 Å². The van der Waals surface area contributed by atoms with Crippen molar-refractivity contribution in [2.45, 2.75) is 45.1 Å². The number of aromatic nitrogens is 2. The second kappa shape index (κ2) is 9.67. The van der Waals surface area contributed by atoms with Gasteiger partial charge in [0, 0.05) is 31.5 Å². The molecule has 0 aliphatic carbocycles. The molecule has 8 nitrogen and oxygen atoms in total. The molecule has 5 rings (SSSR count). The molecular formula is C26H28N4O4. The van der Waals surface area contributed by atoms with E-state index in [1.165, 1.54) is 0 Å². The molecule has 0 spiro atoms. The number of anilines is 1. The van der Waals surface area contributed by atoms with E-state index in [4.69, 9.17) is 9.15 Å². The van der Waals surface area contributed by atoms with Gasteiger partial charge in [-0.15, -0.1) is 10.2 Å². The van der Waals surface area contributed by atoms with Crippen molar-refractivity contribution in [2.75, 3.05) is 24.5 Å². The van der Waals surface area contributed by atoms with Crippen LogP contribution in [0, 0.1) is 6.92 Å². The number of hydrogen-bond donors (Lipinski definition) is 0. The number of carbonyl (C=O) groups excluding carboxylic acids is 2. The van der Waals surface area contributed by atoms with Crippen LogP contribution in [0.4, 0.5) is 5.69 Å². The fourth-order valence-electron chi connectivity index (χ4n) is 4.43. The Morgan fingerprint density at radius 2 is 1.76 bits per heavy atom. The molecule has 0 saturated carbocycles. The van der Waals surface area contributed by atoms with E-state index in [9.17, 15) is 9.59 Å². The Hall–Kier alpha value is -3.68. The highest BCUT2D eigenvalue weighted by Crippen LogP contribution is 2.34. The molecule has 1 saturated heterocycles. The smallest absolute Gasteiger partial charge is 0.265 e. The van der Waals surface area contributed by atoms with Crippen molar-refractivity contribution in [3.05, 3.63) is 60.0 Å². The van der Waals surface area contributed by atoms with Crippen LogP contribution in [0.1, 0.15) is 37.1 Å². The Kier molecular flexibility index (Phi) is 6.29. The number of para-hydroxylation sites is 2. The minimum Gasteiger partial charge on any atom is -0.476 e. The van der Waals surface area contributed by atoms with Gasteiger partial charge in [-0.05, 0) is 50.5 Å². The third-order valence-corrected chi connectivity index (χ3v) is 6.34. The first-order valence-electron chi connectivity index (χ1n) is 11.8. The van der Waals surface area contributed by atoms with Crippen LogP contribution in [-0.2, 0) is 16.0 Å². The molecule has 1 atom stereocenters. The highest BCUT2D eigenvalue weighted by molar-refractivity contribution is 5.97. The van der Waals surface area contributed by atoms with E-state index in [2.05, 4.69) is 10.2 Å². The highest BCUT2D eigenvalue weighted by atomic mass is 16.5. The predicted molar refractivity (Wildman–Crippen MR) is 126 cm³/mol. The molecule has 2 aliphatic heterocycles. The van der Waals surface area contributed by atoms with E-state index in [-0.39, 0.29) is 24.8 Å². The van der Waals surface area contributed by atoms with Gasteiger partial charge >= 0.3 is 0 Å². The van der Waals surface area contributed by atoms with E-state index < -0.39 is 6.10 Å². The maximum atomic E-state index is 13.2. The number of fused-ring (bicyclic) bond motifs is 1. The maximum Gasteiger partial charge on any atom is 0.265 e. The minimum absolute atomic E-state index is 0.0494. The van der Waals surface area contributed by atoms with Crippen molar-refractivity contribution in [1.29, 1.82) is 0 Å². The Morgan fingerprint density at radius 1 is 1.00 bits per heavy atom. The first-order valence-corrected chi connectivity index (χ1v) is 11.8. The molecule has 176 valence electrons. The van der Waals surface area contributed by atoms with Gasteiger partial charge in [-0.3, -0.25) is 9.59 Å². The summed E-state index contributed by atoms with van der Waals surface area (Å²) in [6.45, 7) is 3.70. The van der Waals surface area contributed by atoms with Crippen molar-refractivity contribution in [3.63, 3.8) is 0 Å². The maximum absolute atomic E-state index is 13.2. The zero-order valence-corrected chi connectivity index (χ0v) is 19.3. The van der Waals surface area contributed by atoms with Gasteiger partial charge in [-0.2, -0.15) is 0 Å². The lowest BCUT2D eigenvalue weighted by molar-refractivity contribution is -0.139. The van der Waals surface area contributed by atoms with E-state index in [0.29, 0.717) is 29.6 Å². The summed E-state index contributed by atoms with van der Waals surface area (Å²) in [4.78, 5) is 29.9. The van der Waals surface area contributed by atoms with Gasteiger partial charge in [0.05, 0.1) is 12.2 Å². The summed E-state index contributed by atoms with van der Waals surface area (Å²) >= 11 is 0. The Labute approximate surface area is 198 Å². The van der Waals surface area contributed by atoms with Gasteiger partial charge < -0.3 is 19.0 Å². The van der Waals surface area contributed by atoms with Gasteiger partial charge in [-0.1, -0.05) is 29.8 Å². The fourth-order valence-corrected chi connectivity index (χ4v) is 4.43. The molecule has 2 aromatic carbocycles. The molecular weight excluding hydrogens is 432 g/mol. The molecule has 34 heavy (non-hydrogen) atoms. The third kappa shape index (κ3) is 4.66. The summed E-state index contributed by atoms with van der Waals surface area (Å²) in [5.74, 6) is 1.24. The summed E-state index contributed by atoms with van der Waals surface area (Å²) in [6.07, 6.45) is 2.97.